The Morgan fingerprint density at radius 1 is 0.427 bits per heavy atom. The van der Waals surface area contributed by atoms with Crippen LogP contribution in [0, 0.1) is 0 Å². The Bertz CT molecular complexity index is 3750. The molecule has 0 saturated carbocycles. The van der Waals surface area contributed by atoms with Gasteiger partial charge in [-0.3, -0.25) is 19.6 Å². The molecule has 0 unspecified atom stereocenters. The Kier molecular flexibility index (Phi) is 26.4. The summed E-state index contributed by atoms with van der Waals surface area (Å²) in [5.74, 6) is 1.79. The molecule has 0 spiro atoms. The third kappa shape index (κ3) is 18.7. The number of pyridine rings is 2. The number of H-pyrrole nitrogens is 2. The topological polar surface area (TPSA) is 149 Å². The van der Waals surface area contributed by atoms with Crippen LogP contribution in [0.1, 0.15) is 278 Å². The quantitative estimate of drug-likeness (QED) is 0.0629. The lowest BCUT2D eigenvalue weighted by Crippen LogP contribution is -2.17. The monoisotopic (exact) mass is 1300 g/mol. The average Bonchev–Trinajstić information content (AvgIpc) is 0.765. The van der Waals surface area contributed by atoms with E-state index in [0.29, 0.717) is 24.3 Å². The molecule has 1 aliphatic heterocycles. The van der Waals surface area contributed by atoms with Gasteiger partial charge in [0.2, 0.25) is 0 Å². The SMILES string of the molecule is CCCCCc1c(CCCCC)c2cc3c(cc2[nH]c1=O)-c1cc(c(O)c(C(C)(C)C)c1)C=N[C@H](c1ccccc1)[C@@H](c1ccccc1)N=Cc1cc(cc(C(C)(C)C)c1O)-c1cc2[nH]c(=O)c(CCCCC)c(CCCCC)c2cc1OCCCCCCCCCCCCO3. The van der Waals surface area contributed by atoms with E-state index < -0.39 is 22.9 Å². The fourth-order valence-electron chi connectivity index (χ4n) is 14.1. The van der Waals surface area contributed by atoms with Gasteiger partial charge in [-0.2, -0.15) is 0 Å². The van der Waals surface area contributed by atoms with E-state index in [9.17, 15) is 19.8 Å². The molecule has 10 heteroatoms. The first-order valence-electron chi connectivity index (χ1n) is 37.0. The fraction of sp³-hybridized carbons (Fsp3) is 0.488. The van der Waals surface area contributed by atoms with Gasteiger partial charge < -0.3 is 29.7 Å². The highest BCUT2D eigenvalue weighted by Crippen LogP contribution is 2.45. The maximum absolute atomic E-state index is 14.3. The van der Waals surface area contributed by atoms with Crippen LogP contribution in [0.25, 0.3) is 44.1 Å². The molecule has 0 saturated heterocycles. The summed E-state index contributed by atoms with van der Waals surface area (Å²) in [6.45, 7) is 22.7. The zero-order chi connectivity index (χ0) is 68.2. The van der Waals surface area contributed by atoms with Crippen molar-refractivity contribution in [3.05, 3.63) is 186 Å². The highest BCUT2D eigenvalue weighted by molar-refractivity contribution is 5.95. The summed E-state index contributed by atoms with van der Waals surface area (Å²) in [7, 11) is 0. The first-order valence-corrected chi connectivity index (χ1v) is 37.0. The smallest absolute Gasteiger partial charge is 0.251 e. The van der Waals surface area contributed by atoms with E-state index >= 15 is 0 Å². The molecule has 9 rings (SSSR count). The van der Waals surface area contributed by atoms with Crippen molar-refractivity contribution in [3.8, 4) is 45.3 Å². The number of aromatic hydroxyl groups is 2. The number of nitrogens with zero attached hydrogens (tertiary/aromatic N) is 2. The lowest BCUT2D eigenvalue weighted by Gasteiger charge is -2.25. The molecule has 512 valence electrons. The van der Waals surface area contributed by atoms with Crippen molar-refractivity contribution < 1.29 is 19.7 Å². The standard InChI is InChI=1S/C86H112N4O6/c1-11-15-29-43-65-67(45-31-17-13-3)83(93)89-75-53-69-61-49-63(81(91)73(51-61)85(5,6)7)57-87-79(59-39-33-27-34-40-59)80(60-41-35-28-36-42-60)88-58-64-50-62(52-74(82(64)92)86(8,9)10)70-54-76-72(66(44-30-16-12-2)68(84(94)90-76)46-32-18-14-4)56-78(70)96-48-38-26-24-22-20-19-21-23-25-37-47-95-77(69)55-71(65)75/h27-28,33-36,39-42,49-58,79-80,91-92H,11-26,29-32,37-38,43-48H2,1-10H3,(H,89,93)(H,90,94)/t79-,80-/m1/s1. The van der Waals surface area contributed by atoms with Crippen molar-refractivity contribution in [1.29, 1.82) is 0 Å². The van der Waals surface area contributed by atoms with Crippen molar-refractivity contribution in [3.63, 3.8) is 0 Å². The molecule has 0 fully saturated rings. The summed E-state index contributed by atoms with van der Waals surface area (Å²) in [5.41, 5.74) is 12.4. The number of rotatable bonds is 18. The molecule has 2 aromatic heterocycles. The van der Waals surface area contributed by atoms with Gasteiger partial charge in [0.1, 0.15) is 35.1 Å². The van der Waals surface area contributed by atoms with Crippen molar-refractivity contribution in [2.24, 2.45) is 9.98 Å². The molecular weight excluding hydrogens is 1180 g/mol. The second kappa shape index (κ2) is 35.0. The van der Waals surface area contributed by atoms with Crippen LogP contribution in [-0.4, -0.2) is 45.8 Å². The Labute approximate surface area is 574 Å². The minimum atomic E-state index is -0.614. The number of ether oxygens (including phenoxy) is 2. The number of fused-ring (bicyclic) bond motifs is 10. The molecule has 0 amide bonds. The number of phenols is 2. The lowest BCUT2D eigenvalue weighted by molar-refractivity contribution is 0.304. The fourth-order valence-corrected chi connectivity index (χ4v) is 14.1. The van der Waals surface area contributed by atoms with Gasteiger partial charge in [-0.1, -0.05) is 233 Å². The average molecular weight is 1300 g/mol. The number of nitrogens with one attached hydrogen (secondary N) is 2. The summed E-state index contributed by atoms with van der Waals surface area (Å²) < 4.78 is 14.0. The zero-order valence-corrected chi connectivity index (χ0v) is 59.9. The van der Waals surface area contributed by atoms with Gasteiger partial charge in [0, 0.05) is 78.7 Å². The van der Waals surface area contributed by atoms with Crippen molar-refractivity contribution in [2.75, 3.05) is 13.2 Å². The minimum absolute atomic E-state index is 0.0157. The van der Waals surface area contributed by atoms with E-state index in [-0.39, 0.29) is 22.6 Å². The third-order valence-corrected chi connectivity index (χ3v) is 19.7. The predicted octanol–water partition coefficient (Wildman–Crippen LogP) is 22.3. The van der Waals surface area contributed by atoms with E-state index in [1.807, 2.05) is 48.5 Å². The van der Waals surface area contributed by atoms with E-state index in [1.54, 1.807) is 12.4 Å². The summed E-state index contributed by atoms with van der Waals surface area (Å²) in [6, 6.07) is 36.0. The molecule has 1 aliphatic rings. The van der Waals surface area contributed by atoms with Crippen LogP contribution in [0.15, 0.2) is 129 Å². The summed E-state index contributed by atoms with van der Waals surface area (Å²) in [4.78, 5) is 46.5. The molecule has 4 bridgehead atoms. The van der Waals surface area contributed by atoms with Crippen molar-refractivity contribution in [2.45, 2.75) is 259 Å². The summed E-state index contributed by atoms with van der Waals surface area (Å²) in [6.07, 6.45) is 30.4. The Morgan fingerprint density at radius 2 is 0.760 bits per heavy atom. The number of phenolic OH excluding ortho intramolecular Hbond substituents is 2. The van der Waals surface area contributed by atoms with Crippen LogP contribution in [0.5, 0.6) is 23.0 Å². The Hall–Kier alpha value is -7.72. The summed E-state index contributed by atoms with van der Waals surface area (Å²) in [5, 5.41) is 27.4. The van der Waals surface area contributed by atoms with E-state index in [1.165, 1.54) is 25.7 Å². The second-order valence-electron chi connectivity index (χ2n) is 29.4. The molecule has 0 aliphatic carbocycles. The largest absolute Gasteiger partial charge is 0.507 e. The molecule has 10 nitrogen and oxygen atoms in total. The number of aromatic nitrogens is 2. The van der Waals surface area contributed by atoms with Crippen LogP contribution >= 0.6 is 0 Å². The van der Waals surface area contributed by atoms with E-state index in [0.717, 1.165) is 241 Å². The number of hydrogen-bond donors (Lipinski definition) is 4. The van der Waals surface area contributed by atoms with Crippen LogP contribution in [0.3, 0.4) is 0 Å². The Morgan fingerprint density at radius 3 is 1.09 bits per heavy atom. The third-order valence-electron chi connectivity index (χ3n) is 19.7. The van der Waals surface area contributed by atoms with Gasteiger partial charge in [0.25, 0.3) is 11.1 Å². The number of unbranched alkanes of at least 4 members (excludes halogenated alkanes) is 8. The van der Waals surface area contributed by atoms with E-state index in [4.69, 9.17) is 19.5 Å². The maximum Gasteiger partial charge on any atom is 0.251 e. The minimum Gasteiger partial charge on any atom is -0.507 e. The number of aliphatic imine (C=N–C) groups is 2. The van der Waals surface area contributed by atoms with Crippen LogP contribution in [-0.2, 0) is 36.5 Å². The maximum atomic E-state index is 14.3. The normalized spacial score (nSPS) is 15.8. The lowest BCUT2D eigenvalue weighted by atomic mass is 9.83. The van der Waals surface area contributed by atoms with Gasteiger partial charge in [-0.05, 0) is 157 Å². The van der Waals surface area contributed by atoms with Gasteiger partial charge in [0.15, 0.2) is 0 Å². The molecule has 96 heavy (non-hydrogen) atoms. The molecule has 4 N–H and O–H groups in total. The second-order valence-corrected chi connectivity index (χ2v) is 29.4. The van der Waals surface area contributed by atoms with Gasteiger partial charge >= 0.3 is 0 Å². The van der Waals surface area contributed by atoms with Crippen molar-refractivity contribution >= 4 is 34.2 Å². The predicted molar refractivity (Wildman–Crippen MR) is 404 cm³/mol. The van der Waals surface area contributed by atoms with Gasteiger partial charge in [-0.25, -0.2) is 0 Å². The number of aromatic amines is 2. The van der Waals surface area contributed by atoms with Crippen molar-refractivity contribution in [1.82, 2.24) is 9.97 Å². The highest BCUT2D eigenvalue weighted by atomic mass is 16.5. The molecule has 8 aromatic rings. The number of benzene rings is 6. The first-order chi connectivity index (χ1) is 46.4. The molecule has 0 radical (unpaired) electrons. The zero-order valence-electron chi connectivity index (χ0n) is 59.9. The number of hydrogen-bond acceptors (Lipinski definition) is 8. The van der Waals surface area contributed by atoms with Crippen LogP contribution in [0.2, 0.25) is 0 Å². The van der Waals surface area contributed by atoms with E-state index in [2.05, 4.69) is 140 Å². The molecule has 3 heterocycles. The number of aryl methyl sites for hydroxylation is 2. The molecule has 6 aromatic carbocycles. The first kappa shape index (κ1) is 72.5. The van der Waals surface area contributed by atoms with Crippen LogP contribution in [0.4, 0.5) is 0 Å². The molecule has 2 atom stereocenters. The van der Waals surface area contributed by atoms with Gasteiger partial charge in [0.05, 0.1) is 13.2 Å². The molecular formula is C86H112N4O6. The van der Waals surface area contributed by atoms with Gasteiger partial charge in [-0.15, -0.1) is 0 Å². The Balaban J connectivity index is 1.24. The highest BCUT2D eigenvalue weighted by Gasteiger charge is 2.29. The summed E-state index contributed by atoms with van der Waals surface area (Å²) >= 11 is 0. The van der Waals surface area contributed by atoms with Crippen LogP contribution < -0.4 is 20.6 Å².